The fourth-order valence-corrected chi connectivity index (χ4v) is 2.58. The van der Waals surface area contributed by atoms with Gasteiger partial charge in [0.25, 0.3) is 0 Å². The van der Waals surface area contributed by atoms with Crippen LogP contribution in [0.5, 0.6) is 11.5 Å². The van der Waals surface area contributed by atoms with E-state index in [0.717, 1.165) is 11.3 Å². The molecule has 0 aliphatic carbocycles. The van der Waals surface area contributed by atoms with Gasteiger partial charge in [0.1, 0.15) is 11.8 Å². The molecule has 1 aromatic heterocycles. The van der Waals surface area contributed by atoms with Gasteiger partial charge in [0.15, 0.2) is 23.4 Å². The highest BCUT2D eigenvalue weighted by Crippen LogP contribution is 2.31. The van der Waals surface area contributed by atoms with Crippen molar-refractivity contribution in [2.45, 2.75) is 19.4 Å². The van der Waals surface area contributed by atoms with E-state index in [1.54, 1.807) is 17.8 Å². The smallest absolute Gasteiger partial charge is 0.191 e. The highest BCUT2D eigenvalue weighted by molar-refractivity contribution is 6.30. The number of rotatable bonds is 3. The Labute approximate surface area is 127 Å². The fourth-order valence-electron chi connectivity index (χ4n) is 2.34. The van der Waals surface area contributed by atoms with E-state index in [1.165, 1.54) is 0 Å². The molecule has 0 fully saturated rings. The molecule has 0 saturated heterocycles. The van der Waals surface area contributed by atoms with Gasteiger partial charge in [0.2, 0.25) is 0 Å². The van der Waals surface area contributed by atoms with Gasteiger partial charge in [-0.3, -0.25) is 9.48 Å². The lowest BCUT2D eigenvalue weighted by molar-refractivity contribution is -0.127. The van der Waals surface area contributed by atoms with E-state index in [0.29, 0.717) is 16.7 Å². The van der Waals surface area contributed by atoms with Crippen LogP contribution in [0.3, 0.4) is 0 Å². The van der Waals surface area contributed by atoms with E-state index in [9.17, 15) is 4.79 Å². The number of fused-ring (bicyclic) bond motifs is 1. The summed E-state index contributed by atoms with van der Waals surface area (Å²) < 4.78 is 12.8. The Morgan fingerprint density at radius 1 is 1.43 bits per heavy atom. The minimum absolute atomic E-state index is 0.0671. The summed E-state index contributed by atoms with van der Waals surface area (Å²) in [6, 6.07) is 7.32. The highest BCUT2D eigenvalue weighted by Gasteiger charge is 2.28. The monoisotopic (exact) mass is 306 g/mol. The van der Waals surface area contributed by atoms with Gasteiger partial charge in [-0.15, -0.1) is 0 Å². The third kappa shape index (κ3) is 2.61. The van der Waals surface area contributed by atoms with Crippen LogP contribution in [0, 0.1) is 6.92 Å². The zero-order valence-corrected chi connectivity index (χ0v) is 12.6. The SMILES string of the molecule is Cc1nn(C)c(Cl)c1CC(=O)C1COc2ccccc2O1. The summed E-state index contributed by atoms with van der Waals surface area (Å²) in [4.78, 5) is 12.4. The summed E-state index contributed by atoms with van der Waals surface area (Å²) in [5.74, 6) is 1.19. The summed E-state index contributed by atoms with van der Waals surface area (Å²) in [6.07, 6.45) is -0.426. The van der Waals surface area contributed by atoms with Crippen molar-refractivity contribution in [2.75, 3.05) is 6.61 Å². The van der Waals surface area contributed by atoms with Crippen LogP contribution in [0.25, 0.3) is 0 Å². The van der Waals surface area contributed by atoms with Gasteiger partial charge >= 0.3 is 0 Å². The number of nitrogens with zero attached hydrogens (tertiary/aromatic N) is 2. The lowest BCUT2D eigenvalue weighted by Gasteiger charge is -2.25. The second-order valence-corrected chi connectivity index (χ2v) is 5.34. The first kappa shape index (κ1) is 13.9. The molecule has 110 valence electrons. The molecule has 1 unspecified atom stereocenters. The molecule has 1 aliphatic rings. The van der Waals surface area contributed by atoms with E-state index in [-0.39, 0.29) is 18.8 Å². The lowest BCUT2D eigenvalue weighted by Crippen LogP contribution is -2.37. The third-order valence-corrected chi connectivity index (χ3v) is 3.96. The standard InChI is InChI=1S/C15H15ClN2O3/c1-9-10(15(16)18(2)17-9)7-11(19)14-8-20-12-5-3-4-6-13(12)21-14/h3-6,14H,7-8H2,1-2H3. The van der Waals surface area contributed by atoms with Crippen LogP contribution in [0.2, 0.25) is 5.15 Å². The van der Waals surface area contributed by atoms with Crippen LogP contribution < -0.4 is 9.47 Å². The van der Waals surface area contributed by atoms with Crippen molar-refractivity contribution in [2.24, 2.45) is 7.05 Å². The maximum absolute atomic E-state index is 12.4. The number of hydrogen-bond donors (Lipinski definition) is 0. The number of ketones is 1. The first-order valence-electron chi connectivity index (χ1n) is 6.65. The number of halogens is 1. The minimum Gasteiger partial charge on any atom is -0.485 e. The van der Waals surface area contributed by atoms with Crippen LogP contribution >= 0.6 is 11.6 Å². The number of aromatic nitrogens is 2. The van der Waals surface area contributed by atoms with Crippen molar-refractivity contribution in [3.05, 3.63) is 40.7 Å². The Hall–Kier alpha value is -2.01. The number of carbonyl (C=O) groups is 1. The number of carbonyl (C=O) groups excluding carboxylic acids is 1. The third-order valence-electron chi connectivity index (χ3n) is 3.49. The average molecular weight is 307 g/mol. The molecule has 2 heterocycles. The Balaban J connectivity index is 1.75. The molecule has 5 nitrogen and oxygen atoms in total. The van der Waals surface area contributed by atoms with Crippen molar-refractivity contribution < 1.29 is 14.3 Å². The first-order chi connectivity index (χ1) is 10.1. The number of benzene rings is 1. The van der Waals surface area contributed by atoms with E-state index in [4.69, 9.17) is 21.1 Å². The highest BCUT2D eigenvalue weighted by atomic mass is 35.5. The van der Waals surface area contributed by atoms with Crippen LogP contribution in [0.4, 0.5) is 0 Å². The van der Waals surface area contributed by atoms with Crippen molar-refractivity contribution in [3.8, 4) is 11.5 Å². The number of hydrogen-bond acceptors (Lipinski definition) is 4. The van der Waals surface area contributed by atoms with Crippen LogP contribution in [-0.4, -0.2) is 28.3 Å². The van der Waals surface area contributed by atoms with Crippen molar-refractivity contribution >= 4 is 17.4 Å². The molecule has 0 saturated carbocycles. The van der Waals surface area contributed by atoms with E-state index >= 15 is 0 Å². The molecule has 1 atom stereocenters. The predicted molar refractivity (Wildman–Crippen MR) is 78.0 cm³/mol. The summed E-state index contributed by atoms with van der Waals surface area (Å²) in [6.45, 7) is 2.05. The Bertz CT molecular complexity index is 696. The first-order valence-corrected chi connectivity index (χ1v) is 7.03. The van der Waals surface area contributed by atoms with Crippen molar-refractivity contribution in [1.29, 1.82) is 0 Å². The number of Topliss-reactive ketones (excluding diaryl/α,β-unsaturated/α-hetero) is 1. The molecule has 21 heavy (non-hydrogen) atoms. The van der Waals surface area contributed by atoms with Gasteiger partial charge in [-0.25, -0.2) is 0 Å². The van der Waals surface area contributed by atoms with Gasteiger partial charge in [0, 0.05) is 19.0 Å². The summed E-state index contributed by atoms with van der Waals surface area (Å²) in [5.41, 5.74) is 1.50. The fraction of sp³-hybridized carbons (Fsp3) is 0.333. The quantitative estimate of drug-likeness (QED) is 0.873. The number of para-hydroxylation sites is 2. The van der Waals surface area contributed by atoms with Crippen molar-refractivity contribution in [3.63, 3.8) is 0 Å². The van der Waals surface area contributed by atoms with Gasteiger partial charge in [0.05, 0.1) is 5.69 Å². The molecule has 6 heteroatoms. The lowest BCUT2D eigenvalue weighted by atomic mass is 10.1. The second-order valence-electron chi connectivity index (χ2n) is 4.99. The molecule has 0 amide bonds. The van der Waals surface area contributed by atoms with Crippen molar-refractivity contribution in [1.82, 2.24) is 9.78 Å². The molecule has 0 spiro atoms. The van der Waals surface area contributed by atoms with Crippen LogP contribution in [0.1, 0.15) is 11.3 Å². The maximum atomic E-state index is 12.4. The molecule has 3 rings (SSSR count). The molecule has 0 bridgehead atoms. The minimum atomic E-state index is -0.615. The van der Waals surface area contributed by atoms with Crippen LogP contribution in [-0.2, 0) is 18.3 Å². The largest absolute Gasteiger partial charge is 0.485 e. The molecule has 0 N–H and O–H groups in total. The van der Waals surface area contributed by atoms with E-state index in [1.807, 2.05) is 25.1 Å². The molecular weight excluding hydrogens is 292 g/mol. The number of aryl methyl sites for hydroxylation is 2. The Kier molecular flexibility index (Phi) is 3.59. The van der Waals surface area contributed by atoms with Gasteiger partial charge in [-0.2, -0.15) is 5.10 Å². The zero-order valence-electron chi connectivity index (χ0n) is 11.8. The Morgan fingerprint density at radius 3 is 2.81 bits per heavy atom. The second kappa shape index (κ2) is 5.41. The Morgan fingerprint density at radius 2 is 2.14 bits per heavy atom. The van der Waals surface area contributed by atoms with Crippen LogP contribution in [0.15, 0.2) is 24.3 Å². The predicted octanol–water partition coefficient (Wildman–Crippen LogP) is 2.33. The molecule has 1 aromatic carbocycles. The van der Waals surface area contributed by atoms with E-state index in [2.05, 4.69) is 5.10 Å². The van der Waals surface area contributed by atoms with Gasteiger partial charge in [-0.05, 0) is 19.1 Å². The molecule has 2 aromatic rings. The maximum Gasteiger partial charge on any atom is 0.191 e. The number of ether oxygens (including phenoxy) is 2. The van der Waals surface area contributed by atoms with Gasteiger partial charge in [-0.1, -0.05) is 23.7 Å². The molecular formula is C15H15ClN2O3. The van der Waals surface area contributed by atoms with Gasteiger partial charge < -0.3 is 9.47 Å². The average Bonchev–Trinajstić information content (AvgIpc) is 2.73. The summed E-state index contributed by atoms with van der Waals surface area (Å²) in [7, 11) is 1.75. The summed E-state index contributed by atoms with van der Waals surface area (Å²) in [5, 5.41) is 4.69. The molecule has 1 aliphatic heterocycles. The molecule has 0 radical (unpaired) electrons. The topological polar surface area (TPSA) is 53.4 Å². The normalized spacial score (nSPS) is 16.8. The zero-order chi connectivity index (χ0) is 15.0. The summed E-state index contributed by atoms with van der Waals surface area (Å²) >= 11 is 6.15. The van der Waals surface area contributed by atoms with E-state index < -0.39 is 6.10 Å².